The van der Waals surface area contributed by atoms with Gasteiger partial charge in [-0.2, -0.15) is 0 Å². The molecular weight excluding hydrogens is 393 g/mol. The quantitative estimate of drug-likeness (QED) is 0.340. The van der Waals surface area contributed by atoms with Crippen LogP contribution in [0.5, 0.6) is 0 Å². The molecule has 4 aromatic rings. The third kappa shape index (κ3) is 4.31. The number of halogens is 1. The van der Waals surface area contributed by atoms with Crippen molar-refractivity contribution < 1.29 is 4.39 Å². The molecular formula is C25H24FN3S. The second kappa shape index (κ2) is 8.44. The average molecular weight is 418 g/mol. The first-order valence-electron chi connectivity index (χ1n) is 9.91. The largest absolute Gasteiger partial charge is 0.270 e. The van der Waals surface area contributed by atoms with Crippen molar-refractivity contribution >= 4 is 11.8 Å². The lowest BCUT2D eigenvalue weighted by atomic mass is 9.87. The van der Waals surface area contributed by atoms with Crippen molar-refractivity contribution in [3.8, 4) is 17.1 Å². The number of hydrogen-bond acceptors (Lipinski definition) is 3. The summed E-state index contributed by atoms with van der Waals surface area (Å²) in [7, 11) is 0. The van der Waals surface area contributed by atoms with E-state index in [9.17, 15) is 4.39 Å². The maximum atomic E-state index is 14.5. The van der Waals surface area contributed by atoms with E-state index in [1.807, 2.05) is 41.0 Å². The molecule has 152 valence electrons. The zero-order valence-electron chi connectivity index (χ0n) is 17.3. The predicted molar refractivity (Wildman–Crippen MR) is 121 cm³/mol. The van der Waals surface area contributed by atoms with Gasteiger partial charge < -0.3 is 0 Å². The third-order valence-corrected chi connectivity index (χ3v) is 5.95. The molecule has 1 heterocycles. The fourth-order valence-electron chi connectivity index (χ4n) is 3.24. The number of para-hydroxylation sites is 1. The first kappa shape index (κ1) is 20.4. The molecule has 0 radical (unpaired) electrons. The van der Waals surface area contributed by atoms with Crippen LogP contribution in [-0.2, 0) is 11.2 Å². The van der Waals surface area contributed by atoms with E-state index in [0.29, 0.717) is 11.4 Å². The van der Waals surface area contributed by atoms with Gasteiger partial charge in [-0.15, -0.1) is 10.2 Å². The molecule has 30 heavy (non-hydrogen) atoms. The molecule has 0 aliphatic rings. The van der Waals surface area contributed by atoms with Crippen molar-refractivity contribution in [2.24, 2.45) is 0 Å². The molecule has 5 heteroatoms. The molecule has 3 nitrogen and oxygen atoms in total. The van der Waals surface area contributed by atoms with Gasteiger partial charge in [-0.05, 0) is 40.8 Å². The lowest BCUT2D eigenvalue weighted by molar-refractivity contribution is 0.590. The van der Waals surface area contributed by atoms with E-state index >= 15 is 0 Å². The smallest absolute Gasteiger partial charge is 0.196 e. The van der Waals surface area contributed by atoms with Gasteiger partial charge in [0.25, 0.3) is 0 Å². The summed E-state index contributed by atoms with van der Waals surface area (Å²) in [6.07, 6.45) is 0. The van der Waals surface area contributed by atoms with Gasteiger partial charge in [-0.3, -0.25) is 4.57 Å². The van der Waals surface area contributed by atoms with E-state index in [0.717, 1.165) is 16.6 Å². The predicted octanol–water partition coefficient (Wildman–Crippen LogP) is 6.66. The van der Waals surface area contributed by atoms with Crippen LogP contribution in [0.1, 0.15) is 31.9 Å². The van der Waals surface area contributed by atoms with Gasteiger partial charge in [0, 0.05) is 11.4 Å². The Kier molecular flexibility index (Phi) is 5.73. The first-order chi connectivity index (χ1) is 14.4. The molecule has 0 saturated heterocycles. The molecule has 0 aliphatic carbocycles. The summed E-state index contributed by atoms with van der Waals surface area (Å²) in [6, 6.07) is 25.2. The van der Waals surface area contributed by atoms with Crippen LogP contribution >= 0.6 is 11.8 Å². The number of hydrogen-bond donors (Lipinski definition) is 0. The summed E-state index contributed by atoms with van der Waals surface area (Å²) in [6.45, 7) is 6.63. The summed E-state index contributed by atoms with van der Waals surface area (Å²) >= 11 is 1.60. The summed E-state index contributed by atoms with van der Waals surface area (Å²) < 4.78 is 16.4. The number of nitrogens with zero attached hydrogens (tertiary/aromatic N) is 3. The fraction of sp³-hybridized carbons (Fsp3) is 0.200. The Balaban J connectivity index is 1.66. The maximum absolute atomic E-state index is 14.5. The molecule has 0 saturated carbocycles. The van der Waals surface area contributed by atoms with Crippen molar-refractivity contribution in [1.29, 1.82) is 0 Å². The molecule has 0 unspecified atom stereocenters. The van der Waals surface area contributed by atoms with Crippen LogP contribution in [0.2, 0.25) is 0 Å². The molecule has 3 aromatic carbocycles. The normalized spacial score (nSPS) is 11.6. The monoisotopic (exact) mass is 417 g/mol. The molecule has 1 aromatic heterocycles. The van der Waals surface area contributed by atoms with Crippen LogP contribution < -0.4 is 0 Å². The van der Waals surface area contributed by atoms with Crippen molar-refractivity contribution in [3.05, 3.63) is 95.8 Å². The van der Waals surface area contributed by atoms with Crippen LogP contribution in [0.25, 0.3) is 17.1 Å². The van der Waals surface area contributed by atoms with Gasteiger partial charge in [0.05, 0.1) is 5.56 Å². The topological polar surface area (TPSA) is 30.7 Å². The zero-order valence-corrected chi connectivity index (χ0v) is 18.2. The number of aromatic nitrogens is 3. The number of thioether (sulfide) groups is 1. The highest BCUT2D eigenvalue weighted by Crippen LogP contribution is 2.31. The third-order valence-electron chi connectivity index (χ3n) is 4.95. The summed E-state index contributed by atoms with van der Waals surface area (Å²) in [5, 5.41) is 9.46. The minimum atomic E-state index is -0.309. The first-order valence-corrected chi connectivity index (χ1v) is 10.9. The molecule has 0 fully saturated rings. The minimum absolute atomic E-state index is 0.133. The van der Waals surface area contributed by atoms with Crippen LogP contribution in [0.4, 0.5) is 4.39 Å². The second-order valence-corrected chi connectivity index (χ2v) is 9.14. The highest BCUT2D eigenvalue weighted by atomic mass is 32.2. The van der Waals surface area contributed by atoms with Gasteiger partial charge >= 0.3 is 0 Å². The highest BCUT2D eigenvalue weighted by molar-refractivity contribution is 7.98. The van der Waals surface area contributed by atoms with Crippen molar-refractivity contribution in [1.82, 2.24) is 14.8 Å². The van der Waals surface area contributed by atoms with E-state index in [-0.39, 0.29) is 11.2 Å². The molecule has 0 spiro atoms. The summed E-state index contributed by atoms with van der Waals surface area (Å²) in [5.41, 5.74) is 4.00. The molecule has 0 bridgehead atoms. The minimum Gasteiger partial charge on any atom is -0.270 e. The fourth-order valence-corrected chi connectivity index (χ4v) is 4.15. The Hall–Kier alpha value is -2.92. The second-order valence-electron chi connectivity index (χ2n) is 8.19. The molecule has 4 rings (SSSR count). The van der Waals surface area contributed by atoms with E-state index in [1.54, 1.807) is 23.9 Å². The molecule has 0 aliphatic heterocycles. The summed E-state index contributed by atoms with van der Waals surface area (Å²) in [4.78, 5) is 0. The lowest BCUT2D eigenvalue weighted by Crippen LogP contribution is -2.10. The maximum Gasteiger partial charge on any atom is 0.196 e. The SMILES string of the molecule is CC(C)(C)c1ccc(CSc2nnc(-c3ccccc3F)n2-c2ccccc2)cc1. The number of rotatable bonds is 5. The van der Waals surface area contributed by atoms with E-state index in [2.05, 4.69) is 55.2 Å². The van der Waals surface area contributed by atoms with E-state index in [1.165, 1.54) is 17.2 Å². The lowest BCUT2D eigenvalue weighted by Gasteiger charge is -2.19. The van der Waals surface area contributed by atoms with Crippen molar-refractivity contribution in [2.45, 2.75) is 37.1 Å². The van der Waals surface area contributed by atoms with E-state index < -0.39 is 0 Å². The average Bonchev–Trinajstić information content (AvgIpc) is 3.16. The van der Waals surface area contributed by atoms with Crippen molar-refractivity contribution in [3.63, 3.8) is 0 Å². The van der Waals surface area contributed by atoms with Crippen LogP contribution in [-0.4, -0.2) is 14.8 Å². The Morgan fingerprint density at radius 2 is 1.50 bits per heavy atom. The Bertz CT molecular complexity index is 1130. The molecule has 0 N–H and O–H groups in total. The van der Waals surface area contributed by atoms with E-state index in [4.69, 9.17) is 0 Å². The van der Waals surface area contributed by atoms with Crippen LogP contribution in [0.15, 0.2) is 84.0 Å². The van der Waals surface area contributed by atoms with Gasteiger partial charge in [0.1, 0.15) is 5.82 Å². The summed E-state index contributed by atoms with van der Waals surface area (Å²) in [5.74, 6) is 0.952. The molecule has 0 atom stereocenters. The van der Waals surface area contributed by atoms with Gasteiger partial charge in [0.15, 0.2) is 11.0 Å². The Labute approximate surface area is 181 Å². The zero-order chi connectivity index (χ0) is 21.1. The van der Waals surface area contributed by atoms with Gasteiger partial charge in [-0.25, -0.2) is 4.39 Å². The van der Waals surface area contributed by atoms with Gasteiger partial charge in [-0.1, -0.05) is 87.1 Å². The van der Waals surface area contributed by atoms with Crippen LogP contribution in [0, 0.1) is 5.82 Å². The Morgan fingerprint density at radius 1 is 0.833 bits per heavy atom. The van der Waals surface area contributed by atoms with Crippen LogP contribution in [0.3, 0.4) is 0 Å². The number of benzene rings is 3. The van der Waals surface area contributed by atoms with Crippen molar-refractivity contribution in [2.75, 3.05) is 0 Å². The highest BCUT2D eigenvalue weighted by Gasteiger charge is 2.19. The Morgan fingerprint density at radius 3 is 2.17 bits per heavy atom. The van der Waals surface area contributed by atoms with Gasteiger partial charge in [0.2, 0.25) is 0 Å². The molecule has 0 amide bonds. The standard InChI is InChI=1S/C25H24FN3S/c1-25(2,3)19-15-13-18(14-16-19)17-30-24-28-27-23(21-11-7-8-12-22(21)26)29(24)20-9-5-4-6-10-20/h4-16H,17H2,1-3H3.